The van der Waals surface area contributed by atoms with Crippen molar-refractivity contribution >= 4 is 0 Å². The number of piperidine rings is 1. The van der Waals surface area contributed by atoms with E-state index in [1.54, 1.807) is 0 Å². The van der Waals surface area contributed by atoms with Crippen LogP contribution >= 0.6 is 0 Å². The van der Waals surface area contributed by atoms with Crippen LogP contribution < -0.4 is 5.32 Å². The monoisotopic (exact) mass is 216 g/mol. The number of likely N-dealkylation sites (tertiary alicyclic amines) is 1. The first-order valence-electron chi connectivity index (χ1n) is 5.91. The number of alkyl halides is 1. The molecule has 1 aliphatic rings. The maximum Gasteiger partial charge on any atom is 0.125 e. The van der Waals surface area contributed by atoms with Crippen molar-refractivity contribution in [3.8, 4) is 0 Å². The number of nitrogens with zero attached hydrogens (tertiary/aromatic N) is 1. The van der Waals surface area contributed by atoms with E-state index in [1.165, 1.54) is 0 Å². The minimum atomic E-state index is -0.969. The smallest absolute Gasteiger partial charge is 0.125 e. The number of rotatable bonds is 3. The fourth-order valence-electron chi connectivity index (χ4n) is 2.28. The van der Waals surface area contributed by atoms with Crippen LogP contribution in [0, 0.1) is 5.41 Å². The summed E-state index contributed by atoms with van der Waals surface area (Å²) in [6, 6.07) is 0. The molecule has 0 unspecified atom stereocenters. The summed E-state index contributed by atoms with van der Waals surface area (Å²) >= 11 is 0. The molecule has 1 N–H and O–H groups in total. The molecule has 0 saturated carbocycles. The molecule has 0 amide bonds. The topological polar surface area (TPSA) is 15.3 Å². The highest BCUT2D eigenvalue weighted by Gasteiger charge is 2.34. The molecule has 15 heavy (non-hydrogen) atoms. The first-order chi connectivity index (χ1) is 6.85. The van der Waals surface area contributed by atoms with Gasteiger partial charge in [0.1, 0.15) is 5.67 Å². The molecule has 1 aliphatic heterocycles. The Balaban J connectivity index is 2.35. The van der Waals surface area contributed by atoms with E-state index >= 15 is 0 Å². The molecule has 0 bridgehead atoms. The van der Waals surface area contributed by atoms with Crippen LogP contribution in [-0.2, 0) is 0 Å². The zero-order valence-electron chi connectivity index (χ0n) is 10.6. The Hall–Kier alpha value is -0.150. The molecular weight excluding hydrogens is 191 g/mol. The lowest BCUT2D eigenvalue weighted by Gasteiger charge is -2.39. The fourth-order valence-corrected chi connectivity index (χ4v) is 2.28. The lowest BCUT2D eigenvalue weighted by atomic mass is 9.90. The second-order valence-corrected chi connectivity index (χ2v) is 6.02. The molecule has 90 valence electrons. The number of nitrogens with one attached hydrogen (secondary N) is 1. The molecule has 0 aromatic heterocycles. The van der Waals surface area contributed by atoms with Gasteiger partial charge in [-0.1, -0.05) is 20.8 Å². The minimum absolute atomic E-state index is 0.319. The maximum atomic E-state index is 14.1. The zero-order chi connectivity index (χ0) is 11.5. The van der Waals surface area contributed by atoms with Gasteiger partial charge in [0.05, 0.1) is 0 Å². The molecule has 1 rings (SSSR count). The quantitative estimate of drug-likeness (QED) is 0.777. The SMILES string of the molecule is CNCC1(F)CCN(CC(C)(C)C)CC1. The van der Waals surface area contributed by atoms with E-state index in [2.05, 4.69) is 31.0 Å². The molecule has 1 heterocycles. The third kappa shape index (κ3) is 4.47. The van der Waals surface area contributed by atoms with Gasteiger partial charge in [-0.05, 0) is 25.3 Å². The van der Waals surface area contributed by atoms with Crippen molar-refractivity contribution in [3.63, 3.8) is 0 Å². The predicted octanol–water partition coefficient (Wildman–Crippen LogP) is 2.06. The highest BCUT2D eigenvalue weighted by molar-refractivity contribution is 4.88. The average molecular weight is 216 g/mol. The molecule has 0 spiro atoms. The molecule has 0 radical (unpaired) electrons. The van der Waals surface area contributed by atoms with Gasteiger partial charge in [-0.3, -0.25) is 0 Å². The Labute approximate surface area is 93.2 Å². The van der Waals surface area contributed by atoms with Gasteiger partial charge in [-0.15, -0.1) is 0 Å². The van der Waals surface area contributed by atoms with Crippen molar-refractivity contribution < 1.29 is 4.39 Å². The third-order valence-electron chi connectivity index (χ3n) is 2.94. The van der Waals surface area contributed by atoms with E-state index in [0.717, 1.165) is 19.6 Å². The predicted molar refractivity (Wildman–Crippen MR) is 62.9 cm³/mol. The fraction of sp³-hybridized carbons (Fsp3) is 1.00. The van der Waals surface area contributed by atoms with E-state index in [-0.39, 0.29) is 0 Å². The molecule has 0 atom stereocenters. The standard InChI is InChI=1S/C12H25FN2/c1-11(2,3)10-15-7-5-12(13,6-8-15)9-14-4/h14H,5-10H2,1-4H3. The van der Waals surface area contributed by atoms with E-state index < -0.39 is 5.67 Å². The molecule has 1 fully saturated rings. The van der Waals surface area contributed by atoms with Crippen LogP contribution in [0.3, 0.4) is 0 Å². The molecule has 1 saturated heterocycles. The van der Waals surface area contributed by atoms with Crippen LogP contribution in [0.1, 0.15) is 33.6 Å². The molecule has 0 aromatic rings. The lowest BCUT2D eigenvalue weighted by molar-refractivity contribution is 0.0454. The zero-order valence-corrected chi connectivity index (χ0v) is 10.6. The van der Waals surface area contributed by atoms with E-state index in [4.69, 9.17) is 0 Å². The number of hydrogen-bond acceptors (Lipinski definition) is 2. The van der Waals surface area contributed by atoms with Crippen molar-refractivity contribution in [2.45, 2.75) is 39.3 Å². The molecule has 0 aromatic carbocycles. The summed E-state index contributed by atoms with van der Waals surface area (Å²) in [6.45, 7) is 10.1. The molecular formula is C12H25FN2. The van der Waals surface area contributed by atoms with Crippen molar-refractivity contribution in [2.24, 2.45) is 5.41 Å². The number of halogens is 1. The second-order valence-electron chi connectivity index (χ2n) is 6.02. The summed E-state index contributed by atoms with van der Waals surface area (Å²) in [5, 5.41) is 2.95. The van der Waals surface area contributed by atoms with Crippen molar-refractivity contribution in [2.75, 3.05) is 33.2 Å². The van der Waals surface area contributed by atoms with E-state index in [9.17, 15) is 4.39 Å². The highest BCUT2D eigenvalue weighted by Crippen LogP contribution is 2.27. The third-order valence-corrected chi connectivity index (χ3v) is 2.94. The molecule has 3 heteroatoms. The Bertz CT molecular complexity index is 190. The van der Waals surface area contributed by atoms with Gasteiger partial charge in [-0.25, -0.2) is 4.39 Å². The van der Waals surface area contributed by atoms with Gasteiger partial charge in [0, 0.05) is 26.2 Å². The van der Waals surface area contributed by atoms with Crippen LogP contribution in [0.15, 0.2) is 0 Å². The summed E-state index contributed by atoms with van der Waals surface area (Å²) in [5.74, 6) is 0. The van der Waals surface area contributed by atoms with Crippen LogP contribution in [0.2, 0.25) is 0 Å². The van der Waals surface area contributed by atoms with Crippen LogP contribution in [0.25, 0.3) is 0 Å². The van der Waals surface area contributed by atoms with Crippen molar-refractivity contribution in [1.82, 2.24) is 10.2 Å². The Morgan fingerprint density at radius 2 is 1.80 bits per heavy atom. The van der Waals surface area contributed by atoms with Gasteiger partial charge < -0.3 is 10.2 Å². The highest BCUT2D eigenvalue weighted by atomic mass is 19.1. The van der Waals surface area contributed by atoms with Crippen molar-refractivity contribution in [3.05, 3.63) is 0 Å². The normalized spacial score (nSPS) is 23.0. The van der Waals surface area contributed by atoms with Crippen molar-refractivity contribution in [1.29, 1.82) is 0 Å². The van der Waals surface area contributed by atoms with E-state index in [1.807, 2.05) is 7.05 Å². The molecule has 2 nitrogen and oxygen atoms in total. The summed E-state index contributed by atoms with van der Waals surface area (Å²) in [6.07, 6.45) is 1.34. The van der Waals surface area contributed by atoms with E-state index in [0.29, 0.717) is 24.8 Å². The summed E-state index contributed by atoms with van der Waals surface area (Å²) in [4.78, 5) is 2.38. The summed E-state index contributed by atoms with van der Waals surface area (Å²) in [7, 11) is 1.82. The Morgan fingerprint density at radius 1 is 1.27 bits per heavy atom. The first-order valence-corrected chi connectivity index (χ1v) is 5.91. The Kier molecular flexibility index (Phi) is 4.13. The van der Waals surface area contributed by atoms with Crippen LogP contribution in [-0.4, -0.2) is 43.8 Å². The largest absolute Gasteiger partial charge is 0.317 e. The summed E-state index contributed by atoms with van der Waals surface area (Å²) in [5.41, 5.74) is -0.650. The van der Waals surface area contributed by atoms with Gasteiger partial charge in [0.15, 0.2) is 0 Å². The van der Waals surface area contributed by atoms with Gasteiger partial charge in [0.25, 0.3) is 0 Å². The van der Waals surface area contributed by atoms with Gasteiger partial charge >= 0.3 is 0 Å². The summed E-state index contributed by atoms with van der Waals surface area (Å²) < 4.78 is 14.1. The molecule has 0 aliphatic carbocycles. The maximum absolute atomic E-state index is 14.1. The van der Waals surface area contributed by atoms with Gasteiger partial charge in [-0.2, -0.15) is 0 Å². The lowest BCUT2D eigenvalue weighted by Crippen LogP contribution is -2.48. The minimum Gasteiger partial charge on any atom is -0.317 e. The number of hydrogen-bond donors (Lipinski definition) is 1. The van der Waals surface area contributed by atoms with Gasteiger partial charge in [0.2, 0.25) is 0 Å². The Morgan fingerprint density at radius 3 is 2.20 bits per heavy atom. The second kappa shape index (κ2) is 4.79. The first kappa shape index (κ1) is 12.9. The average Bonchev–Trinajstić information content (AvgIpc) is 2.08. The van der Waals surface area contributed by atoms with Crippen LogP contribution in [0.5, 0.6) is 0 Å². The van der Waals surface area contributed by atoms with Crippen LogP contribution in [0.4, 0.5) is 4.39 Å².